The van der Waals surface area contributed by atoms with Gasteiger partial charge in [-0.25, -0.2) is 0 Å². The van der Waals surface area contributed by atoms with E-state index in [-0.39, 0.29) is 12.1 Å². The molecular formula is C24H28N4O2S. The number of methoxy groups -OCH3 is 2. The van der Waals surface area contributed by atoms with E-state index < -0.39 is 0 Å². The molecule has 0 amide bonds. The van der Waals surface area contributed by atoms with E-state index >= 15 is 0 Å². The zero-order valence-electron chi connectivity index (χ0n) is 18.5. The Morgan fingerprint density at radius 2 is 1.90 bits per heavy atom. The van der Waals surface area contributed by atoms with E-state index in [0.717, 1.165) is 23.7 Å². The summed E-state index contributed by atoms with van der Waals surface area (Å²) in [5, 5.41) is 4.16. The molecule has 1 N–H and O–H groups in total. The maximum atomic E-state index is 5.85. The highest BCUT2D eigenvalue weighted by atomic mass is 32.1. The lowest BCUT2D eigenvalue weighted by atomic mass is 9.96. The minimum Gasteiger partial charge on any atom is -0.497 e. The third kappa shape index (κ3) is 3.63. The molecule has 0 saturated carbocycles. The Morgan fingerprint density at radius 1 is 1.10 bits per heavy atom. The van der Waals surface area contributed by atoms with E-state index in [1.165, 1.54) is 17.0 Å². The number of nitrogens with zero attached hydrogens (tertiary/aromatic N) is 3. The molecule has 0 radical (unpaired) electrons. The molecule has 6 nitrogen and oxygen atoms in total. The lowest BCUT2D eigenvalue weighted by molar-refractivity contribution is 0.394. The molecule has 1 aliphatic rings. The molecule has 1 fully saturated rings. The number of aryl methyl sites for hydroxylation is 1. The van der Waals surface area contributed by atoms with Gasteiger partial charge < -0.3 is 24.3 Å². The molecule has 1 aliphatic heterocycles. The number of thiocarbonyl (C=S) groups is 1. The monoisotopic (exact) mass is 436 g/mol. The van der Waals surface area contributed by atoms with Crippen molar-refractivity contribution in [2.24, 2.45) is 0 Å². The van der Waals surface area contributed by atoms with E-state index in [1.807, 2.05) is 42.6 Å². The van der Waals surface area contributed by atoms with Crippen molar-refractivity contribution in [3.8, 4) is 11.5 Å². The van der Waals surface area contributed by atoms with Crippen molar-refractivity contribution in [2.75, 3.05) is 19.1 Å². The van der Waals surface area contributed by atoms with Crippen molar-refractivity contribution in [2.45, 2.75) is 39.4 Å². The lowest BCUT2D eigenvalue weighted by Gasteiger charge is -2.29. The van der Waals surface area contributed by atoms with Crippen LogP contribution in [0.4, 0.5) is 5.69 Å². The number of aromatic nitrogens is 2. The standard InChI is InChI=1S/C24H28N4O2S/c1-6-27-15(2)13-18(16(27)3)23-22(19-9-7-8-12-25-19)26-24(31)28(23)20-11-10-17(29-4)14-21(20)30-5/h7-14,22-23H,6H2,1-5H3,(H,26,31). The first-order chi connectivity index (χ1) is 15.0. The number of anilines is 1. The predicted octanol–water partition coefficient (Wildman–Crippen LogP) is 4.71. The summed E-state index contributed by atoms with van der Waals surface area (Å²) in [6.07, 6.45) is 1.82. The van der Waals surface area contributed by atoms with E-state index in [2.05, 4.69) is 46.6 Å². The number of rotatable bonds is 6. The second-order valence-corrected chi connectivity index (χ2v) is 7.99. The summed E-state index contributed by atoms with van der Waals surface area (Å²) in [6.45, 7) is 7.41. The maximum Gasteiger partial charge on any atom is 0.174 e. The molecule has 3 heterocycles. The van der Waals surface area contributed by atoms with Gasteiger partial charge in [-0.1, -0.05) is 6.07 Å². The summed E-state index contributed by atoms with van der Waals surface area (Å²) < 4.78 is 13.4. The van der Waals surface area contributed by atoms with Gasteiger partial charge in [-0.05, 0) is 68.9 Å². The van der Waals surface area contributed by atoms with E-state index in [1.54, 1.807) is 14.2 Å². The molecule has 0 aliphatic carbocycles. The van der Waals surface area contributed by atoms with Gasteiger partial charge in [-0.15, -0.1) is 0 Å². The molecular weight excluding hydrogens is 408 g/mol. The maximum absolute atomic E-state index is 5.85. The van der Waals surface area contributed by atoms with Crippen LogP contribution in [0, 0.1) is 13.8 Å². The summed E-state index contributed by atoms with van der Waals surface area (Å²) in [7, 11) is 3.31. The molecule has 1 saturated heterocycles. The van der Waals surface area contributed by atoms with Crippen LogP contribution in [0.25, 0.3) is 0 Å². The fraction of sp³-hybridized carbons (Fsp3) is 0.333. The van der Waals surface area contributed by atoms with Gasteiger partial charge in [-0.3, -0.25) is 4.98 Å². The molecule has 2 aromatic heterocycles. The van der Waals surface area contributed by atoms with Crippen LogP contribution >= 0.6 is 12.2 Å². The Balaban J connectivity index is 1.91. The molecule has 2 unspecified atom stereocenters. The molecule has 2 atom stereocenters. The molecule has 162 valence electrons. The first-order valence-electron chi connectivity index (χ1n) is 10.4. The quantitative estimate of drug-likeness (QED) is 0.565. The number of ether oxygens (including phenoxy) is 2. The molecule has 1 aromatic carbocycles. The third-order valence-electron chi connectivity index (χ3n) is 5.99. The highest BCUT2D eigenvalue weighted by Crippen LogP contribution is 2.46. The zero-order chi connectivity index (χ0) is 22.1. The van der Waals surface area contributed by atoms with Crippen LogP contribution in [0.15, 0.2) is 48.7 Å². The van der Waals surface area contributed by atoms with Crippen molar-refractivity contribution in [1.29, 1.82) is 0 Å². The molecule has 31 heavy (non-hydrogen) atoms. The number of hydrogen-bond donors (Lipinski definition) is 1. The average Bonchev–Trinajstić information content (AvgIpc) is 3.28. The number of nitrogens with one attached hydrogen (secondary N) is 1. The van der Waals surface area contributed by atoms with Gasteiger partial charge >= 0.3 is 0 Å². The number of pyridine rings is 1. The van der Waals surface area contributed by atoms with Crippen LogP contribution < -0.4 is 19.7 Å². The van der Waals surface area contributed by atoms with Crippen molar-refractivity contribution >= 4 is 23.0 Å². The van der Waals surface area contributed by atoms with Crippen LogP contribution in [0.3, 0.4) is 0 Å². The van der Waals surface area contributed by atoms with Crippen molar-refractivity contribution in [3.63, 3.8) is 0 Å². The summed E-state index contributed by atoms with van der Waals surface area (Å²) in [6, 6.07) is 13.9. The lowest BCUT2D eigenvalue weighted by Crippen LogP contribution is -2.30. The van der Waals surface area contributed by atoms with Gasteiger partial charge in [0.25, 0.3) is 0 Å². The van der Waals surface area contributed by atoms with Gasteiger partial charge in [0.05, 0.1) is 37.7 Å². The Morgan fingerprint density at radius 3 is 2.52 bits per heavy atom. The fourth-order valence-electron chi connectivity index (χ4n) is 4.53. The third-order valence-corrected chi connectivity index (χ3v) is 6.31. The Hall–Kier alpha value is -3.06. The Kier molecular flexibility index (Phi) is 5.87. The SMILES string of the molecule is CCn1c(C)cc(C2C(c3ccccn3)NC(=S)N2c2ccc(OC)cc2OC)c1C. The average molecular weight is 437 g/mol. The number of benzene rings is 1. The van der Waals surface area contributed by atoms with E-state index in [9.17, 15) is 0 Å². The molecule has 0 bridgehead atoms. The minimum atomic E-state index is -0.0914. The fourth-order valence-corrected chi connectivity index (χ4v) is 4.87. The van der Waals surface area contributed by atoms with Gasteiger partial charge in [-0.2, -0.15) is 0 Å². The summed E-state index contributed by atoms with van der Waals surface area (Å²) in [5.41, 5.74) is 5.53. The normalized spacial score (nSPS) is 18.2. The summed E-state index contributed by atoms with van der Waals surface area (Å²) >= 11 is 5.85. The van der Waals surface area contributed by atoms with Gasteiger partial charge in [0.15, 0.2) is 5.11 Å². The second kappa shape index (κ2) is 8.59. The highest BCUT2D eigenvalue weighted by Gasteiger charge is 2.43. The Bertz CT molecular complexity index is 1100. The van der Waals surface area contributed by atoms with Crippen LogP contribution in [0.5, 0.6) is 11.5 Å². The zero-order valence-corrected chi connectivity index (χ0v) is 19.4. The van der Waals surface area contributed by atoms with E-state index in [0.29, 0.717) is 10.9 Å². The molecule has 3 aromatic rings. The Labute approximate surface area is 188 Å². The largest absolute Gasteiger partial charge is 0.497 e. The summed E-state index contributed by atoms with van der Waals surface area (Å²) in [4.78, 5) is 6.79. The smallest absolute Gasteiger partial charge is 0.174 e. The topological polar surface area (TPSA) is 51.6 Å². The van der Waals surface area contributed by atoms with Gasteiger partial charge in [0.2, 0.25) is 0 Å². The van der Waals surface area contributed by atoms with Crippen LogP contribution in [-0.2, 0) is 6.54 Å². The highest BCUT2D eigenvalue weighted by molar-refractivity contribution is 7.80. The van der Waals surface area contributed by atoms with Crippen molar-refractivity contribution < 1.29 is 9.47 Å². The molecule has 4 rings (SSSR count). The van der Waals surface area contributed by atoms with Gasteiger partial charge in [0.1, 0.15) is 11.5 Å². The van der Waals surface area contributed by atoms with Crippen LogP contribution in [0.2, 0.25) is 0 Å². The summed E-state index contributed by atoms with van der Waals surface area (Å²) in [5.74, 6) is 1.44. The van der Waals surface area contributed by atoms with Gasteiger partial charge in [0, 0.05) is 30.2 Å². The van der Waals surface area contributed by atoms with Crippen LogP contribution in [-0.4, -0.2) is 28.9 Å². The molecule has 0 spiro atoms. The van der Waals surface area contributed by atoms with Crippen molar-refractivity contribution in [3.05, 3.63) is 71.3 Å². The second-order valence-electron chi connectivity index (χ2n) is 7.61. The first-order valence-corrected chi connectivity index (χ1v) is 10.8. The van der Waals surface area contributed by atoms with E-state index in [4.69, 9.17) is 21.7 Å². The predicted molar refractivity (Wildman–Crippen MR) is 127 cm³/mol. The van der Waals surface area contributed by atoms with Crippen LogP contribution in [0.1, 0.15) is 41.7 Å². The number of hydrogen-bond acceptors (Lipinski definition) is 4. The first kappa shape index (κ1) is 21.2. The minimum absolute atomic E-state index is 0.0730. The van der Waals surface area contributed by atoms with Crippen molar-refractivity contribution in [1.82, 2.24) is 14.9 Å². The molecule has 7 heteroatoms.